The van der Waals surface area contributed by atoms with E-state index in [1.165, 1.54) is 12.1 Å². The van der Waals surface area contributed by atoms with Crippen molar-refractivity contribution in [2.75, 3.05) is 76.3 Å². The van der Waals surface area contributed by atoms with Crippen molar-refractivity contribution in [3.8, 4) is 17.0 Å². The molecule has 0 radical (unpaired) electrons. The first-order chi connectivity index (χ1) is 21.7. The van der Waals surface area contributed by atoms with Crippen molar-refractivity contribution in [3.63, 3.8) is 0 Å². The number of piperazine rings is 1. The van der Waals surface area contributed by atoms with Gasteiger partial charge in [0.05, 0.1) is 23.4 Å². The summed E-state index contributed by atoms with van der Waals surface area (Å²) in [4.78, 5) is 40.0. The summed E-state index contributed by atoms with van der Waals surface area (Å²) >= 11 is 0. The first-order valence-corrected chi connectivity index (χ1v) is 15.7. The number of rotatable bonds is 11. The predicted molar refractivity (Wildman–Crippen MR) is 176 cm³/mol. The molecule has 2 aliphatic rings. The summed E-state index contributed by atoms with van der Waals surface area (Å²) in [6.07, 6.45) is 2.46. The number of pyridine rings is 1. The molecule has 240 valence electrons. The molecule has 1 atom stereocenters. The average Bonchev–Trinajstić information content (AvgIpc) is 3.02. The molecule has 0 unspecified atom stereocenters. The summed E-state index contributed by atoms with van der Waals surface area (Å²) in [6, 6.07) is 14.0. The minimum absolute atomic E-state index is 0.0221. The number of carbonyl (C=O) groups excluding carboxylic acids is 2. The van der Waals surface area contributed by atoms with E-state index in [1.807, 2.05) is 66.1 Å². The highest BCUT2D eigenvalue weighted by Gasteiger charge is 2.34. The van der Waals surface area contributed by atoms with Gasteiger partial charge in [0.1, 0.15) is 5.82 Å². The monoisotopic (exact) mass is 617 g/mol. The number of hydrogen-bond donors (Lipinski definition) is 2. The second-order valence-electron chi connectivity index (χ2n) is 11.9. The van der Waals surface area contributed by atoms with Crippen LogP contribution in [0.1, 0.15) is 41.0 Å². The molecule has 0 saturated carbocycles. The number of nitrogens with one attached hydrogen (secondary N) is 1. The standard InChI is InChI=1S/C34H44FN7O3/c1-5-26-22-40(34(44)28-11-10-24(35)19-31(28)41-20-25(36)21-41)16-17-42(26)30-12-9-23(27-8-7-13-38-33(27)45-6-2)18-29(30)32(43)37-14-15-39(3)4/h7-13,18-19,25-26H,5-6,14-17,20-22,36H2,1-4H3,(H,37,43)/t26-/m1/s1. The normalized spacial score (nSPS) is 17.0. The van der Waals surface area contributed by atoms with Gasteiger partial charge in [0, 0.05) is 75.3 Å². The molecule has 0 aliphatic carbocycles. The number of nitrogens with zero attached hydrogens (tertiary/aromatic N) is 5. The van der Waals surface area contributed by atoms with Gasteiger partial charge < -0.3 is 35.4 Å². The number of amides is 2. The Kier molecular flexibility index (Phi) is 10.2. The predicted octanol–water partition coefficient (Wildman–Crippen LogP) is 3.47. The molecule has 0 spiro atoms. The lowest BCUT2D eigenvalue weighted by Crippen LogP contribution is -2.57. The molecule has 45 heavy (non-hydrogen) atoms. The summed E-state index contributed by atoms with van der Waals surface area (Å²) in [6.45, 7) is 8.38. The second kappa shape index (κ2) is 14.3. The molecule has 3 N–H and O–H groups in total. The smallest absolute Gasteiger partial charge is 0.256 e. The van der Waals surface area contributed by atoms with E-state index in [0.717, 1.165) is 23.2 Å². The van der Waals surface area contributed by atoms with Gasteiger partial charge in [-0.1, -0.05) is 13.0 Å². The van der Waals surface area contributed by atoms with Crippen LogP contribution in [0.4, 0.5) is 15.8 Å². The highest BCUT2D eigenvalue weighted by Crippen LogP contribution is 2.35. The molecule has 5 rings (SSSR count). The van der Waals surface area contributed by atoms with Crippen LogP contribution in [0.25, 0.3) is 11.1 Å². The van der Waals surface area contributed by atoms with Crippen LogP contribution in [0, 0.1) is 5.82 Å². The Hall–Kier alpha value is -4.22. The van der Waals surface area contributed by atoms with E-state index in [9.17, 15) is 14.0 Å². The average molecular weight is 618 g/mol. The third-order valence-corrected chi connectivity index (χ3v) is 8.44. The van der Waals surface area contributed by atoms with Gasteiger partial charge in [0.2, 0.25) is 5.88 Å². The lowest BCUT2D eigenvalue weighted by Gasteiger charge is -2.44. The van der Waals surface area contributed by atoms with Crippen molar-refractivity contribution in [3.05, 3.63) is 71.7 Å². The number of hydrogen-bond acceptors (Lipinski definition) is 8. The maximum Gasteiger partial charge on any atom is 0.256 e. The Morgan fingerprint density at radius 3 is 2.56 bits per heavy atom. The van der Waals surface area contributed by atoms with Gasteiger partial charge in [-0.3, -0.25) is 9.59 Å². The van der Waals surface area contributed by atoms with Crippen LogP contribution in [0.2, 0.25) is 0 Å². The number of benzene rings is 2. The maximum absolute atomic E-state index is 14.2. The summed E-state index contributed by atoms with van der Waals surface area (Å²) in [7, 11) is 3.94. The molecule has 3 aromatic rings. The van der Waals surface area contributed by atoms with Crippen LogP contribution in [-0.2, 0) is 0 Å². The minimum Gasteiger partial charge on any atom is -0.478 e. The molecule has 2 aromatic carbocycles. The topological polar surface area (TPSA) is 107 Å². The van der Waals surface area contributed by atoms with Crippen molar-refractivity contribution in [1.82, 2.24) is 20.1 Å². The summed E-state index contributed by atoms with van der Waals surface area (Å²) in [5.74, 6) is -0.142. The molecule has 2 fully saturated rings. The number of carbonyl (C=O) groups is 2. The number of nitrogens with two attached hydrogens (primary N) is 1. The molecule has 2 saturated heterocycles. The maximum atomic E-state index is 14.2. The van der Waals surface area contributed by atoms with Gasteiger partial charge >= 0.3 is 0 Å². The summed E-state index contributed by atoms with van der Waals surface area (Å²) < 4.78 is 20.0. The van der Waals surface area contributed by atoms with E-state index in [4.69, 9.17) is 10.5 Å². The molecular formula is C34H44FN7O3. The molecular weight excluding hydrogens is 573 g/mol. The van der Waals surface area contributed by atoms with E-state index in [-0.39, 0.29) is 29.7 Å². The largest absolute Gasteiger partial charge is 0.478 e. The highest BCUT2D eigenvalue weighted by molar-refractivity contribution is 6.02. The van der Waals surface area contributed by atoms with Gasteiger partial charge in [-0.05, 0) is 75.5 Å². The van der Waals surface area contributed by atoms with E-state index >= 15 is 0 Å². The number of anilines is 2. The van der Waals surface area contributed by atoms with Gasteiger partial charge in [0.25, 0.3) is 11.8 Å². The third-order valence-electron chi connectivity index (χ3n) is 8.44. The zero-order chi connectivity index (χ0) is 32.1. The Labute approximate surface area is 264 Å². The first-order valence-electron chi connectivity index (χ1n) is 15.7. The van der Waals surface area contributed by atoms with Gasteiger partial charge in [-0.2, -0.15) is 0 Å². The lowest BCUT2D eigenvalue weighted by atomic mass is 9.98. The number of ether oxygens (including phenoxy) is 1. The Balaban J connectivity index is 1.43. The van der Waals surface area contributed by atoms with Gasteiger partial charge in [0.15, 0.2) is 0 Å². The van der Waals surface area contributed by atoms with Crippen molar-refractivity contribution < 1.29 is 18.7 Å². The molecule has 3 heterocycles. The first kappa shape index (κ1) is 32.2. The van der Waals surface area contributed by atoms with E-state index in [1.54, 1.807) is 12.3 Å². The molecule has 11 heteroatoms. The SMILES string of the molecule is CCOc1ncccc1-c1ccc(N2CCN(C(=O)c3ccc(F)cc3N3CC(N)C3)C[C@H]2CC)c(C(=O)NCCN(C)C)c1. The zero-order valence-corrected chi connectivity index (χ0v) is 26.6. The Bertz CT molecular complexity index is 1510. The Morgan fingerprint density at radius 1 is 1.04 bits per heavy atom. The van der Waals surface area contributed by atoms with Crippen LogP contribution in [0.5, 0.6) is 5.88 Å². The fraction of sp³-hybridized carbons (Fsp3) is 0.441. The summed E-state index contributed by atoms with van der Waals surface area (Å²) in [5, 5.41) is 3.08. The van der Waals surface area contributed by atoms with Crippen LogP contribution < -0.4 is 25.6 Å². The fourth-order valence-electron chi connectivity index (χ4n) is 6.02. The van der Waals surface area contributed by atoms with Gasteiger partial charge in [-0.25, -0.2) is 9.37 Å². The number of likely N-dealkylation sites (N-methyl/N-ethyl adjacent to an activating group) is 1. The second-order valence-corrected chi connectivity index (χ2v) is 11.9. The molecule has 10 nitrogen and oxygen atoms in total. The third kappa shape index (κ3) is 7.20. The quantitative estimate of drug-likeness (QED) is 0.337. The van der Waals surface area contributed by atoms with Crippen LogP contribution in [0.3, 0.4) is 0 Å². The molecule has 2 amide bonds. The zero-order valence-electron chi connectivity index (χ0n) is 26.6. The van der Waals surface area contributed by atoms with Crippen LogP contribution in [-0.4, -0.2) is 105 Å². The van der Waals surface area contributed by atoms with E-state index in [0.29, 0.717) is 75.1 Å². The van der Waals surface area contributed by atoms with Crippen molar-refractivity contribution in [2.24, 2.45) is 5.73 Å². The number of aromatic nitrogens is 1. The molecule has 2 aliphatic heterocycles. The lowest BCUT2D eigenvalue weighted by molar-refractivity contribution is 0.0720. The van der Waals surface area contributed by atoms with Gasteiger partial charge in [-0.15, -0.1) is 0 Å². The van der Waals surface area contributed by atoms with Crippen LogP contribution >= 0.6 is 0 Å². The highest BCUT2D eigenvalue weighted by atomic mass is 19.1. The van der Waals surface area contributed by atoms with Crippen molar-refractivity contribution in [2.45, 2.75) is 32.4 Å². The number of halogens is 1. The van der Waals surface area contributed by atoms with Crippen molar-refractivity contribution >= 4 is 23.2 Å². The molecule has 0 bridgehead atoms. The van der Waals surface area contributed by atoms with Crippen molar-refractivity contribution in [1.29, 1.82) is 0 Å². The van der Waals surface area contributed by atoms with Crippen LogP contribution in [0.15, 0.2) is 54.7 Å². The fourth-order valence-corrected chi connectivity index (χ4v) is 6.02. The van der Waals surface area contributed by atoms with E-state index < -0.39 is 0 Å². The molecule has 1 aromatic heterocycles. The Morgan fingerprint density at radius 2 is 1.84 bits per heavy atom. The van der Waals surface area contributed by atoms with E-state index in [2.05, 4.69) is 22.1 Å². The summed E-state index contributed by atoms with van der Waals surface area (Å²) in [5.41, 5.74) is 10.1. The minimum atomic E-state index is -0.377.